The highest BCUT2D eigenvalue weighted by molar-refractivity contribution is 6.31. The Balaban J connectivity index is 1.42. The topological polar surface area (TPSA) is 50.4 Å². The van der Waals surface area contributed by atoms with Crippen molar-refractivity contribution in [2.45, 2.75) is 13.2 Å². The first kappa shape index (κ1) is 19.0. The van der Waals surface area contributed by atoms with Crippen molar-refractivity contribution in [1.82, 2.24) is 5.32 Å². The Morgan fingerprint density at radius 2 is 1.59 bits per heavy atom. The summed E-state index contributed by atoms with van der Waals surface area (Å²) in [6.07, 6.45) is 0. The number of amides is 1. The lowest BCUT2D eigenvalue weighted by atomic mass is 10.2. The molecule has 0 unspecified atom stereocenters. The van der Waals surface area contributed by atoms with Gasteiger partial charge in [-0.2, -0.15) is 0 Å². The molecule has 0 saturated heterocycles. The number of carbonyl (C=O) groups excluding carboxylic acids is 1. The van der Waals surface area contributed by atoms with Crippen molar-refractivity contribution in [2.75, 3.05) is 11.9 Å². The minimum atomic E-state index is -0.111. The van der Waals surface area contributed by atoms with Crippen LogP contribution < -0.4 is 15.4 Å². The van der Waals surface area contributed by atoms with E-state index in [1.165, 1.54) is 0 Å². The zero-order chi connectivity index (χ0) is 18.9. The fourth-order valence-electron chi connectivity index (χ4n) is 2.53. The maximum atomic E-state index is 12.0. The molecule has 4 nitrogen and oxygen atoms in total. The van der Waals surface area contributed by atoms with Gasteiger partial charge in [0.05, 0.1) is 6.54 Å². The van der Waals surface area contributed by atoms with Gasteiger partial charge in [-0.05, 0) is 41.5 Å². The molecule has 0 heterocycles. The standard InChI is InChI=1S/C22H21ClN2O2/c23-21-9-5-4-8-18(21)14-24-15-22(26)25-19-10-12-20(13-11-19)27-16-17-6-2-1-3-7-17/h1-13,24H,14-16H2,(H,25,26). The summed E-state index contributed by atoms with van der Waals surface area (Å²) < 4.78 is 5.74. The molecule has 0 fully saturated rings. The molecule has 0 aliphatic heterocycles. The van der Waals surface area contributed by atoms with Crippen LogP contribution in [0, 0.1) is 0 Å². The summed E-state index contributed by atoms with van der Waals surface area (Å²) in [4.78, 5) is 12.0. The van der Waals surface area contributed by atoms with Gasteiger partial charge in [-0.1, -0.05) is 60.1 Å². The summed E-state index contributed by atoms with van der Waals surface area (Å²) >= 11 is 6.10. The third-order valence-electron chi connectivity index (χ3n) is 3.95. The van der Waals surface area contributed by atoms with Crippen molar-refractivity contribution >= 4 is 23.2 Å². The van der Waals surface area contributed by atoms with E-state index in [0.717, 1.165) is 22.6 Å². The summed E-state index contributed by atoms with van der Waals surface area (Å²) in [6, 6.07) is 24.9. The summed E-state index contributed by atoms with van der Waals surface area (Å²) in [5.41, 5.74) is 2.80. The van der Waals surface area contributed by atoms with Gasteiger partial charge in [0, 0.05) is 17.3 Å². The molecule has 27 heavy (non-hydrogen) atoms. The van der Waals surface area contributed by atoms with Gasteiger partial charge in [0.2, 0.25) is 5.91 Å². The monoisotopic (exact) mass is 380 g/mol. The van der Waals surface area contributed by atoms with E-state index in [1.807, 2.05) is 78.9 Å². The molecule has 5 heteroatoms. The fourth-order valence-corrected chi connectivity index (χ4v) is 2.74. The molecule has 3 rings (SSSR count). The summed E-state index contributed by atoms with van der Waals surface area (Å²) in [5, 5.41) is 6.64. The molecule has 0 aliphatic rings. The lowest BCUT2D eigenvalue weighted by molar-refractivity contribution is -0.115. The van der Waals surface area contributed by atoms with Crippen LogP contribution in [0.25, 0.3) is 0 Å². The van der Waals surface area contributed by atoms with Gasteiger partial charge < -0.3 is 15.4 Å². The normalized spacial score (nSPS) is 10.4. The third kappa shape index (κ3) is 6.13. The van der Waals surface area contributed by atoms with Crippen LogP contribution in [0.5, 0.6) is 5.75 Å². The number of carbonyl (C=O) groups is 1. The van der Waals surface area contributed by atoms with E-state index in [2.05, 4.69) is 10.6 Å². The summed E-state index contributed by atoms with van der Waals surface area (Å²) in [7, 11) is 0. The van der Waals surface area contributed by atoms with Crippen molar-refractivity contribution in [3.8, 4) is 5.75 Å². The second-order valence-corrected chi connectivity index (χ2v) is 6.45. The van der Waals surface area contributed by atoms with Crippen molar-refractivity contribution in [3.05, 3.63) is 95.0 Å². The van der Waals surface area contributed by atoms with E-state index in [0.29, 0.717) is 18.2 Å². The van der Waals surface area contributed by atoms with Crippen molar-refractivity contribution in [3.63, 3.8) is 0 Å². The highest BCUT2D eigenvalue weighted by Gasteiger charge is 2.04. The third-order valence-corrected chi connectivity index (χ3v) is 4.31. The molecular formula is C22H21ClN2O2. The van der Waals surface area contributed by atoms with E-state index in [-0.39, 0.29) is 12.5 Å². The maximum Gasteiger partial charge on any atom is 0.238 e. The number of nitrogens with one attached hydrogen (secondary N) is 2. The molecule has 3 aromatic rings. The van der Waals surface area contributed by atoms with E-state index < -0.39 is 0 Å². The van der Waals surface area contributed by atoms with Crippen LogP contribution >= 0.6 is 11.6 Å². The van der Waals surface area contributed by atoms with Crippen LogP contribution in [0.3, 0.4) is 0 Å². The molecular weight excluding hydrogens is 360 g/mol. The largest absolute Gasteiger partial charge is 0.489 e. The van der Waals surface area contributed by atoms with E-state index in [4.69, 9.17) is 16.3 Å². The molecule has 0 atom stereocenters. The molecule has 138 valence electrons. The molecule has 2 N–H and O–H groups in total. The average molecular weight is 381 g/mol. The Kier molecular flexibility index (Phi) is 6.85. The Morgan fingerprint density at radius 1 is 0.889 bits per heavy atom. The maximum absolute atomic E-state index is 12.0. The van der Waals surface area contributed by atoms with E-state index in [9.17, 15) is 4.79 Å². The van der Waals surface area contributed by atoms with E-state index in [1.54, 1.807) is 0 Å². The lowest BCUT2D eigenvalue weighted by Gasteiger charge is -2.09. The number of rotatable bonds is 8. The number of halogens is 1. The SMILES string of the molecule is O=C(CNCc1ccccc1Cl)Nc1ccc(OCc2ccccc2)cc1. The molecule has 0 bridgehead atoms. The van der Waals surface area contributed by atoms with Gasteiger partial charge in [0.1, 0.15) is 12.4 Å². The van der Waals surface area contributed by atoms with Crippen LogP contribution in [0.2, 0.25) is 5.02 Å². The highest BCUT2D eigenvalue weighted by Crippen LogP contribution is 2.17. The van der Waals surface area contributed by atoms with Gasteiger partial charge in [-0.15, -0.1) is 0 Å². The van der Waals surface area contributed by atoms with Gasteiger partial charge >= 0.3 is 0 Å². The van der Waals surface area contributed by atoms with Crippen LogP contribution in [-0.2, 0) is 17.9 Å². The minimum Gasteiger partial charge on any atom is -0.489 e. The zero-order valence-electron chi connectivity index (χ0n) is 14.8. The molecule has 0 aliphatic carbocycles. The van der Waals surface area contributed by atoms with Crippen molar-refractivity contribution < 1.29 is 9.53 Å². The van der Waals surface area contributed by atoms with Crippen molar-refractivity contribution in [2.24, 2.45) is 0 Å². The van der Waals surface area contributed by atoms with Gasteiger partial charge in [-0.3, -0.25) is 4.79 Å². The molecule has 0 spiro atoms. The lowest BCUT2D eigenvalue weighted by Crippen LogP contribution is -2.27. The van der Waals surface area contributed by atoms with Gasteiger partial charge in [-0.25, -0.2) is 0 Å². The van der Waals surface area contributed by atoms with Crippen LogP contribution in [0.15, 0.2) is 78.9 Å². The number of hydrogen-bond acceptors (Lipinski definition) is 3. The first-order valence-corrected chi connectivity index (χ1v) is 9.09. The zero-order valence-corrected chi connectivity index (χ0v) is 15.6. The van der Waals surface area contributed by atoms with Crippen LogP contribution in [0.1, 0.15) is 11.1 Å². The first-order chi connectivity index (χ1) is 13.2. The fraction of sp³-hybridized carbons (Fsp3) is 0.136. The smallest absolute Gasteiger partial charge is 0.238 e. The molecule has 0 aromatic heterocycles. The van der Waals surface area contributed by atoms with Crippen LogP contribution in [0.4, 0.5) is 5.69 Å². The Bertz CT molecular complexity index is 867. The van der Waals surface area contributed by atoms with Crippen molar-refractivity contribution in [1.29, 1.82) is 0 Å². The molecule has 1 amide bonds. The summed E-state index contributed by atoms with van der Waals surface area (Å²) in [5.74, 6) is 0.647. The number of ether oxygens (including phenoxy) is 1. The second kappa shape index (κ2) is 9.76. The van der Waals surface area contributed by atoms with Gasteiger partial charge in [0.15, 0.2) is 0 Å². The Morgan fingerprint density at radius 3 is 2.33 bits per heavy atom. The number of benzene rings is 3. The predicted octanol–water partition coefficient (Wildman–Crippen LogP) is 4.65. The molecule has 3 aromatic carbocycles. The van der Waals surface area contributed by atoms with Crippen LogP contribution in [-0.4, -0.2) is 12.5 Å². The molecule has 0 saturated carbocycles. The second-order valence-electron chi connectivity index (χ2n) is 6.04. The first-order valence-electron chi connectivity index (χ1n) is 8.71. The Labute approximate surface area is 164 Å². The average Bonchev–Trinajstić information content (AvgIpc) is 2.70. The number of hydrogen-bond donors (Lipinski definition) is 2. The quantitative estimate of drug-likeness (QED) is 0.598. The Hall–Kier alpha value is -2.82. The van der Waals surface area contributed by atoms with Gasteiger partial charge in [0.25, 0.3) is 0 Å². The predicted molar refractivity (Wildman–Crippen MR) is 109 cm³/mol. The molecule has 0 radical (unpaired) electrons. The summed E-state index contributed by atoms with van der Waals surface area (Å²) in [6.45, 7) is 1.26. The highest BCUT2D eigenvalue weighted by atomic mass is 35.5. The number of anilines is 1. The van der Waals surface area contributed by atoms with E-state index >= 15 is 0 Å². The minimum absolute atomic E-state index is 0.111.